The lowest BCUT2D eigenvalue weighted by Crippen LogP contribution is -1.92. The maximum atomic E-state index is 9.00. The molecule has 3 aromatic heterocycles. The molecule has 5 heteroatoms. The van der Waals surface area contributed by atoms with Crippen LogP contribution in [0.4, 0.5) is 0 Å². The van der Waals surface area contributed by atoms with Gasteiger partial charge in [0.15, 0.2) is 0 Å². The van der Waals surface area contributed by atoms with E-state index in [2.05, 4.69) is 16.2 Å². The lowest BCUT2D eigenvalue weighted by atomic mass is 10.2. The summed E-state index contributed by atoms with van der Waals surface area (Å²) in [6, 6.07) is 13.6. The Bertz CT molecular complexity index is 1020. The number of imidazole rings is 1. The van der Waals surface area contributed by atoms with E-state index in [1.807, 2.05) is 64.9 Å². The molecule has 0 fully saturated rings. The first-order valence-electron chi connectivity index (χ1n) is 6.57. The first kappa shape index (κ1) is 11.7. The number of hydrogen-bond acceptors (Lipinski definition) is 3. The molecule has 100 valence electrons. The van der Waals surface area contributed by atoms with Crippen LogP contribution in [0.15, 0.2) is 48.8 Å². The Morgan fingerprint density at radius 2 is 2.05 bits per heavy atom. The van der Waals surface area contributed by atoms with Crippen LogP contribution in [0.1, 0.15) is 5.56 Å². The van der Waals surface area contributed by atoms with Gasteiger partial charge in [-0.05, 0) is 30.3 Å². The van der Waals surface area contributed by atoms with Crippen LogP contribution in [-0.2, 0) is 7.05 Å². The van der Waals surface area contributed by atoms with Crippen molar-refractivity contribution >= 4 is 16.6 Å². The van der Waals surface area contributed by atoms with Crippen molar-refractivity contribution in [1.29, 1.82) is 5.26 Å². The van der Waals surface area contributed by atoms with Crippen LogP contribution >= 0.6 is 0 Å². The highest BCUT2D eigenvalue weighted by Crippen LogP contribution is 2.27. The molecule has 0 saturated heterocycles. The lowest BCUT2D eigenvalue weighted by molar-refractivity contribution is 0.960. The summed E-state index contributed by atoms with van der Waals surface area (Å²) in [5, 5.41) is 13.4. The maximum absolute atomic E-state index is 9.00. The van der Waals surface area contributed by atoms with Gasteiger partial charge in [-0.1, -0.05) is 6.07 Å². The summed E-state index contributed by atoms with van der Waals surface area (Å²) >= 11 is 0. The Morgan fingerprint density at radius 1 is 1.14 bits per heavy atom. The topological polar surface area (TPSA) is 58.9 Å². The van der Waals surface area contributed by atoms with E-state index in [-0.39, 0.29) is 0 Å². The maximum Gasteiger partial charge on any atom is 0.144 e. The highest BCUT2D eigenvalue weighted by atomic mass is 15.2. The Kier molecular flexibility index (Phi) is 2.33. The summed E-state index contributed by atoms with van der Waals surface area (Å²) in [6.07, 6.45) is 3.73. The number of nitrogens with zero attached hydrogens (tertiary/aromatic N) is 5. The van der Waals surface area contributed by atoms with Crippen molar-refractivity contribution in [2.24, 2.45) is 7.05 Å². The Balaban J connectivity index is 2.02. The second-order valence-electron chi connectivity index (χ2n) is 4.90. The molecule has 0 radical (unpaired) electrons. The van der Waals surface area contributed by atoms with Crippen molar-refractivity contribution in [2.75, 3.05) is 0 Å². The van der Waals surface area contributed by atoms with E-state index in [1.54, 1.807) is 0 Å². The zero-order valence-electron chi connectivity index (χ0n) is 11.4. The summed E-state index contributed by atoms with van der Waals surface area (Å²) in [5.41, 5.74) is 4.43. The van der Waals surface area contributed by atoms with Gasteiger partial charge in [0.05, 0.1) is 39.9 Å². The highest BCUT2D eigenvalue weighted by molar-refractivity contribution is 5.85. The average molecular weight is 273 g/mol. The second-order valence-corrected chi connectivity index (χ2v) is 4.90. The third kappa shape index (κ3) is 1.63. The van der Waals surface area contributed by atoms with Crippen LogP contribution in [0.5, 0.6) is 0 Å². The minimum Gasteiger partial charge on any atom is -0.327 e. The van der Waals surface area contributed by atoms with Crippen molar-refractivity contribution in [2.45, 2.75) is 0 Å². The molecule has 0 atom stereocenters. The van der Waals surface area contributed by atoms with Gasteiger partial charge in [-0.15, -0.1) is 0 Å². The van der Waals surface area contributed by atoms with Gasteiger partial charge in [-0.3, -0.25) is 0 Å². The predicted octanol–water partition coefficient (Wildman–Crippen LogP) is 2.76. The lowest BCUT2D eigenvalue weighted by Gasteiger charge is -2.00. The van der Waals surface area contributed by atoms with Crippen LogP contribution in [0.2, 0.25) is 0 Å². The fraction of sp³-hybridized carbons (Fsp3) is 0.0625. The average Bonchev–Trinajstić information content (AvgIpc) is 3.08. The fourth-order valence-corrected chi connectivity index (χ4v) is 2.62. The molecule has 0 saturated carbocycles. The molecule has 3 heterocycles. The van der Waals surface area contributed by atoms with Gasteiger partial charge in [0.1, 0.15) is 5.82 Å². The molecule has 4 aromatic rings. The molecule has 0 aliphatic carbocycles. The molecular formula is C16H11N5. The number of aryl methyl sites for hydroxylation is 1. The molecule has 0 bridgehead atoms. The summed E-state index contributed by atoms with van der Waals surface area (Å²) in [7, 11) is 1.98. The molecule has 0 unspecified atom stereocenters. The standard InChI is InChI=1S/C16H11N5/c1-20-15-6-5-11(9-17)8-13(15)19-16(20)12-10-18-21-7-3-2-4-14(12)21/h2-8,10H,1H3. The molecular weight excluding hydrogens is 262 g/mol. The van der Waals surface area contributed by atoms with E-state index < -0.39 is 0 Å². The highest BCUT2D eigenvalue weighted by Gasteiger charge is 2.14. The summed E-state index contributed by atoms with van der Waals surface area (Å²) in [4.78, 5) is 4.67. The number of fused-ring (bicyclic) bond motifs is 2. The van der Waals surface area contributed by atoms with Crippen LogP contribution in [0.25, 0.3) is 27.9 Å². The monoisotopic (exact) mass is 273 g/mol. The van der Waals surface area contributed by atoms with Crippen molar-refractivity contribution in [3.05, 3.63) is 54.4 Å². The Hall–Kier alpha value is -3.13. The number of hydrogen-bond donors (Lipinski definition) is 0. The normalized spacial score (nSPS) is 11.0. The quantitative estimate of drug-likeness (QED) is 0.536. The molecule has 0 aliphatic rings. The number of benzene rings is 1. The summed E-state index contributed by atoms with van der Waals surface area (Å²) in [6.45, 7) is 0. The Labute approximate surface area is 120 Å². The number of rotatable bonds is 1. The van der Waals surface area contributed by atoms with Crippen molar-refractivity contribution < 1.29 is 0 Å². The molecule has 5 nitrogen and oxygen atoms in total. The van der Waals surface area contributed by atoms with Crippen LogP contribution in [0, 0.1) is 11.3 Å². The van der Waals surface area contributed by atoms with E-state index in [0.29, 0.717) is 5.56 Å². The van der Waals surface area contributed by atoms with Crippen LogP contribution in [0.3, 0.4) is 0 Å². The van der Waals surface area contributed by atoms with Gasteiger partial charge < -0.3 is 4.57 Å². The van der Waals surface area contributed by atoms with Crippen molar-refractivity contribution in [3.63, 3.8) is 0 Å². The molecule has 0 aliphatic heterocycles. The van der Waals surface area contributed by atoms with E-state index in [4.69, 9.17) is 5.26 Å². The van der Waals surface area contributed by atoms with Crippen LogP contribution < -0.4 is 0 Å². The zero-order valence-corrected chi connectivity index (χ0v) is 11.4. The Morgan fingerprint density at radius 3 is 2.90 bits per heavy atom. The minimum absolute atomic E-state index is 0.618. The summed E-state index contributed by atoms with van der Waals surface area (Å²) < 4.78 is 3.86. The number of pyridine rings is 1. The molecule has 4 rings (SSSR count). The van der Waals surface area contributed by atoms with Crippen molar-refractivity contribution in [1.82, 2.24) is 19.2 Å². The third-order valence-corrected chi connectivity index (χ3v) is 3.68. The van der Waals surface area contributed by atoms with E-state index in [0.717, 1.165) is 27.9 Å². The first-order chi connectivity index (χ1) is 10.3. The third-order valence-electron chi connectivity index (χ3n) is 3.68. The smallest absolute Gasteiger partial charge is 0.144 e. The SMILES string of the molecule is Cn1c(-c2cnn3ccccc23)nc2cc(C#N)ccc21. The predicted molar refractivity (Wildman–Crippen MR) is 79.6 cm³/mol. The van der Waals surface area contributed by atoms with Gasteiger partial charge in [0, 0.05) is 13.2 Å². The molecule has 1 aromatic carbocycles. The number of nitriles is 1. The van der Waals surface area contributed by atoms with E-state index in [1.165, 1.54) is 0 Å². The largest absolute Gasteiger partial charge is 0.327 e. The van der Waals surface area contributed by atoms with Gasteiger partial charge in [0.25, 0.3) is 0 Å². The van der Waals surface area contributed by atoms with Gasteiger partial charge in [-0.2, -0.15) is 10.4 Å². The first-order valence-corrected chi connectivity index (χ1v) is 6.57. The summed E-state index contributed by atoms with van der Waals surface area (Å²) in [5.74, 6) is 0.848. The minimum atomic E-state index is 0.618. The fourth-order valence-electron chi connectivity index (χ4n) is 2.62. The molecule has 21 heavy (non-hydrogen) atoms. The van der Waals surface area contributed by atoms with Crippen molar-refractivity contribution in [3.8, 4) is 17.5 Å². The molecule has 0 amide bonds. The van der Waals surface area contributed by atoms with Gasteiger partial charge >= 0.3 is 0 Å². The molecule has 0 N–H and O–H groups in total. The zero-order chi connectivity index (χ0) is 14.4. The van der Waals surface area contributed by atoms with E-state index >= 15 is 0 Å². The van der Waals surface area contributed by atoms with Gasteiger partial charge in [0.2, 0.25) is 0 Å². The second kappa shape index (κ2) is 4.18. The number of aromatic nitrogens is 4. The van der Waals surface area contributed by atoms with E-state index in [9.17, 15) is 0 Å². The molecule has 0 spiro atoms. The van der Waals surface area contributed by atoms with Gasteiger partial charge in [-0.25, -0.2) is 9.50 Å². The van der Waals surface area contributed by atoms with Crippen LogP contribution in [-0.4, -0.2) is 19.2 Å².